The molecule has 0 saturated carbocycles. The van der Waals surface area contributed by atoms with Crippen LogP contribution in [0.2, 0.25) is 0 Å². The van der Waals surface area contributed by atoms with E-state index < -0.39 is 0 Å². The number of hydrogen-bond acceptors (Lipinski definition) is 4. The summed E-state index contributed by atoms with van der Waals surface area (Å²) in [5.74, 6) is 1.56. The van der Waals surface area contributed by atoms with Crippen LogP contribution >= 0.6 is 0 Å². The lowest BCUT2D eigenvalue weighted by Gasteiger charge is -2.16. The maximum absolute atomic E-state index is 5.58. The first kappa shape index (κ1) is 35.5. The highest BCUT2D eigenvalue weighted by molar-refractivity contribution is 6.14. The van der Waals surface area contributed by atoms with Crippen molar-refractivity contribution in [3.8, 4) is 68.1 Å². The molecule has 0 fully saturated rings. The van der Waals surface area contributed by atoms with E-state index in [1.54, 1.807) is 0 Å². The first-order valence-corrected chi connectivity index (χ1v) is 20.8. The molecular formula is C56H36N6. The molecule has 290 valence electrons. The standard InChI is InChI=1S/C56H36N6/c1-4-18-37(19-5-1)40-24-16-25-41(36-40)52-51(61-48-31-13-10-26-43(48)44-27-11-14-32-49(44)61)35-34-47(57-52)55-58-54(39-22-8-3-9-23-39)59-56(60-55)62-50-33-15-12-28-45(50)46-30-17-29-42(53(46)62)38-20-6-2-7-21-38/h1-36H. The highest BCUT2D eigenvalue weighted by Crippen LogP contribution is 2.40. The van der Waals surface area contributed by atoms with Crippen LogP contribution in [0.15, 0.2) is 218 Å². The van der Waals surface area contributed by atoms with Gasteiger partial charge in [0.15, 0.2) is 11.6 Å². The van der Waals surface area contributed by atoms with Crippen molar-refractivity contribution in [1.29, 1.82) is 0 Å². The monoisotopic (exact) mass is 792 g/mol. The minimum absolute atomic E-state index is 0.478. The number of hydrogen-bond donors (Lipinski definition) is 0. The Bertz CT molecular complexity index is 3570. The van der Waals surface area contributed by atoms with Crippen LogP contribution in [0.3, 0.4) is 0 Å². The molecule has 6 heteroatoms. The van der Waals surface area contributed by atoms with Gasteiger partial charge in [-0.15, -0.1) is 0 Å². The second-order valence-electron chi connectivity index (χ2n) is 15.4. The number of fused-ring (bicyclic) bond motifs is 6. The van der Waals surface area contributed by atoms with E-state index in [4.69, 9.17) is 19.9 Å². The Labute approximate surface area is 357 Å². The number of benzene rings is 8. The molecule has 0 aliphatic carbocycles. The molecule has 0 bridgehead atoms. The summed E-state index contributed by atoms with van der Waals surface area (Å²) in [6.45, 7) is 0. The van der Waals surface area contributed by atoms with Gasteiger partial charge in [0.05, 0.1) is 33.4 Å². The molecule has 4 heterocycles. The van der Waals surface area contributed by atoms with Gasteiger partial charge in [-0.1, -0.05) is 182 Å². The van der Waals surface area contributed by atoms with Crippen molar-refractivity contribution in [3.63, 3.8) is 0 Å². The lowest BCUT2D eigenvalue weighted by Crippen LogP contribution is -2.08. The Kier molecular flexibility index (Phi) is 8.38. The minimum atomic E-state index is 0.478. The summed E-state index contributed by atoms with van der Waals surface area (Å²) < 4.78 is 4.53. The third-order valence-corrected chi connectivity index (χ3v) is 11.8. The van der Waals surface area contributed by atoms with Crippen molar-refractivity contribution < 1.29 is 0 Å². The number of aromatic nitrogens is 6. The van der Waals surface area contributed by atoms with Gasteiger partial charge >= 0.3 is 0 Å². The zero-order valence-corrected chi connectivity index (χ0v) is 33.5. The summed E-state index contributed by atoms with van der Waals surface area (Å²) in [4.78, 5) is 21.4. The normalized spacial score (nSPS) is 11.5. The number of nitrogens with zero attached hydrogens (tertiary/aromatic N) is 6. The van der Waals surface area contributed by atoms with Gasteiger partial charge in [0.25, 0.3) is 0 Å². The first-order chi connectivity index (χ1) is 30.8. The summed E-state index contributed by atoms with van der Waals surface area (Å²) in [6.07, 6.45) is 0. The second kappa shape index (κ2) is 14.7. The van der Waals surface area contributed by atoms with E-state index >= 15 is 0 Å². The van der Waals surface area contributed by atoms with Gasteiger partial charge in [-0.2, -0.15) is 9.97 Å². The number of para-hydroxylation sites is 4. The maximum atomic E-state index is 5.58. The zero-order valence-electron chi connectivity index (χ0n) is 33.5. The molecule has 8 aromatic carbocycles. The zero-order chi connectivity index (χ0) is 41.0. The molecule has 0 amide bonds. The van der Waals surface area contributed by atoms with Gasteiger partial charge in [0, 0.05) is 38.2 Å². The van der Waals surface area contributed by atoms with Crippen LogP contribution in [-0.2, 0) is 0 Å². The van der Waals surface area contributed by atoms with Crippen LogP contribution in [0.1, 0.15) is 0 Å². The van der Waals surface area contributed by atoms with Gasteiger partial charge in [0.1, 0.15) is 5.69 Å². The third kappa shape index (κ3) is 5.88. The van der Waals surface area contributed by atoms with Crippen molar-refractivity contribution >= 4 is 43.6 Å². The summed E-state index contributed by atoms with van der Waals surface area (Å²) in [5.41, 5.74) is 13.0. The topological polar surface area (TPSA) is 61.4 Å². The van der Waals surface area contributed by atoms with Crippen LogP contribution in [-0.4, -0.2) is 29.1 Å². The lowest BCUT2D eigenvalue weighted by molar-refractivity contribution is 0.948. The van der Waals surface area contributed by atoms with Crippen molar-refractivity contribution in [3.05, 3.63) is 218 Å². The van der Waals surface area contributed by atoms with E-state index in [0.29, 0.717) is 23.3 Å². The van der Waals surface area contributed by atoms with Gasteiger partial charge in [-0.3, -0.25) is 4.57 Å². The summed E-state index contributed by atoms with van der Waals surface area (Å²) in [5, 5.41) is 4.62. The van der Waals surface area contributed by atoms with E-state index in [1.807, 2.05) is 36.4 Å². The molecule has 0 aliphatic heterocycles. The molecule has 0 unspecified atom stereocenters. The van der Waals surface area contributed by atoms with E-state index in [1.165, 1.54) is 10.8 Å². The van der Waals surface area contributed by atoms with Crippen molar-refractivity contribution in [2.24, 2.45) is 0 Å². The maximum Gasteiger partial charge on any atom is 0.238 e. The number of rotatable bonds is 7. The third-order valence-electron chi connectivity index (χ3n) is 11.8. The molecule has 0 atom stereocenters. The van der Waals surface area contributed by atoms with Crippen LogP contribution in [0, 0.1) is 0 Å². The van der Waals surface area contributed by atoms with Gasteiger partial charge in [-0.25, -0.2) is 9.97 Å². The average Bonchev–Trinajstić information content (AvgIpc) is 3.88. The Morgan fingerprint density at radius 1 is 0.306 bits per heavy atom. The predicted octanol–water partition coefficient (Wildman–Crippen LogP) is 13.8. The molecule has 0 saturated heterocycles. The smallest absolute Gasteiger partial charge is 0.238 e. The van der Waals surface area contributed by atoms with Gasteiger partial charge in [0.2, 0.25) is 5.95 Å². The summed E-state index contributed by atoms with van der Waals surface area (Å²) in [6, 6.07) is 76.2. The van der Waals surface area contributed by atoms with Gasteiger partial charge < -0.3 is 4.57 Å². The van der Waals surface area contributed by atoms with Crippen LogP contribution in [0.5, 0.6) is 0 Å². The molecule has 62 heavy (non-hydrogen) atoms. The molecule has 6 nitrogen and oxygen atoms in total. The van der Waals surface area contributed by atoms with Crippen molar-refractivity contribution in [2.75, 3.05) is 0 Å². The Morgan fingerprint density at radius 3 is 1.48 bits per heavy atom. The first-order valence-electron chi connectivity index (χ1n) is 20.8. The molecule has 0 N–H and O–H groups in total. The Balaban J connectivity index is 1.14. The highest BCUT2D eigenvalue weighted by Gasteiger charge is 2.23. The molecule has 0 spiro atoms. The van der Waals surface area contributed by atoms with Crippen molar-refractivity contribution in [2.45, 2.75) is 0 Å². The highest BCUT2D eigenvalue weighted by atomic mass is 15.2. The average molecular weight is 793 g/mol. The molecule has 12 aromatic rings. The Morgan fingerprint density at radius 2 is 0.806 bits per heavy atom. The SMILES string of the molecule is c1ccc(-c2cccc(-c3nc(-c4nc(-c5ccccc5)nc(-n5c6ccccc6c6cccc(-c7ccccc7)c65)n4)ccc3-n3c4ccccc4c4ccccc43)c2)cc1. The molecule has 0 aliphatic rings. The fraction of sp³-hybridized carbons (Fsp3) is 0. The largest absolute Gasteiger partial charge is 0.307 e. The molecule has 4 aromatic heterocycles. The quantitative estimate of drug-likeness (QED) is 0.161. The van der Waals surface area contributed by atoms with E-state index in [2.05, 4.69) is 191 Å². The summed E-state index contributed by atoms with van der Waals surface area (Å²) >= 11 is 0. The van der Waals surface area contributed by atoms with Crippen LogP contribution in [0.4, 0.5) is 0 Å². The molecular weight excluding hydrogens is 757 g/mol. The van der Waals surface area contributed by atoms with Crippen molar-refractivity contribution in [1.82, 2.24) is 29.1 Å². The lowest BCUT2D eigenvalue weighted by atomic mass is 10.0. The number of pyridine rings is 1. The van der Waals surface area contributed by atoms with E-state index in [-0.39, 0.29) is 0 Å². The van der Waals surface area contributed by atoms with Crippen LogP contribution < -0.4 is 0 Å². The van der Waals surface area contributed by atoms with Crippen LogP contribution in [0.25, 0.3) is 112 Å². The van der Waals surface area contributed by atoms with E-state index in [0.717, 1.165) is 77.6 Å². The summed E-state index contributed by atoms with van der Waals surface area (Å²) in [7, 11) is 0. The molecule has 12 rings (SSSR count). The predicted molar refractivity (Wildman–Crippen MR) is 253 cm³/mol. The minimum Gasteiger partial charge on any atom is -0.307 e. The van der Waals surface area contributed by atoms with Gasteiger partial charge in [-0.05, 0) is 53.1 Å². The second-order valence-corrected chi connectivity index (χ2v) is 15.4. The van der Waals surface area contributed by atoms with E-state index in [9.17, 15) is 0 Å². The fourth-order valence-corrected chi connectivity index (χ4v) is 9.00. The molecule has 0 radical (unpaired) electrons. The fourth-order valence-electron chi connectivity index (χ4n) is 9.00. The Hall–Kier alpha value is -8.48.